The van der Waals surface area contributed by atoms with Crippen LogP contribution >= 0.6 is 0 Å². The van der Waals surface area contributed by atoms with Gasteiger partial charge in [0.25, 0.3) is 0 Å². The van der Waals surface area contributed by atoms with Gasteiger partial charge < -0.3 is 0 Å². The average molecular weight is 329 g/mol. The zero-order valence-electron chi connectivity index (χ0n) is 17.0. The van der Waals surface area contributed by atoms with Gasteiger partial charge in [0.1, 0.15) is 6.10 Å². The Morgan fingerprint density at radius 2 is 0.957 bits per heavy atom. The van der Waals surface area contributed by atoms with Crippen LogP contribution in [-0.4, -0.2) is 31.9 Å². The van der Waals surface area contributed by atoms with E-state index < -0.39 is 0 Å². The molecule has 0 amide bonds. The number of hydrogen-bond acceptors (Lipinski definition) is 1. The molecule has 2 nitrogen and oxygen atoms in total. The fourth-order valence-corrected chi connectivity index (χ4v) is 3.22. The van der Waals surface area contributed by atoms with Gasteiger partial charge in [0, 0.05) is 0 Å². The third-order valence-corrected chi connectivity index (χ3v) is 4.46. The molecule has 0 aromatic carbocycles. The number of quaternary nitrogens is 1. The average Bonchev–Trinajstić information content (AvgIpc) is 2.46. The Morgan fingerprint density at radius 3 is 1.30 bits per heavy atom. The van der Waals surface area contributed by atoms with Crippen molar-refractivity contribution in [2.75, 3.05) is 21.1 Å². The molecule has 0 aromatic rings. The van der Waals surface area contributed by atoms with Crippen molar-refractivity contribution < 1.29 is 9.48 Å². The van der Waals surface area contributed by atoms with Gasteiger partial charge in [0.05, 0.1) is 21.1 Å². The van der Waals surface area contributed by atoms with Gasteiger partial charge >= 0.3 is 0 Å². The highest BCUT2D eigenvalue weighted by molar-refractivity contribution is 4.52. The highest BCUT2D eigenvalue weighted by atomic mass is 16.7. The van der Waals surface area contributed by atoms with Crippen LogP contribution in [0.2, 0.25) is 0 Å². The van der Waals surface area contributed by atoms with Crippen LogP contribution in [0.15, 0.2) is 0 Å². The molecule has 1 atom stereocenters. The van der Waals surface area contributed by atoms with Crippen LogP contribution < -0.4 is 0 Å². The van der Waals surface area contributed by atoms with Gasteiger partial charge in [-0.15, -0.1) is 0 Å². The van der Waals surface area contributed by atoms with E-state index in [0.29, 0.717) is 10.8 Å². The van der Waals surface area contributed by atoms with Crippen molar-refractivity contribution in [2.45, 2.75) is 116 Å². The Labute approximate surface area is 147 Å². The Bertz CT molecular complexity index is 234. The number of hydroxylamine groups is 3. The van der Waals surface area contributed by atoms with Crippen LogP contribution in [0.5, 0.6) is 0 Å². The minimum Gasteiger partial charge on any atom is -0.201 e. The minimum atomic E-state index is 0.382. The quantitative estimate of drug-likeness (QED) is 0.160. The molecule has 0 saturated heterocycles. The third-order valence-electron chi connectivity index (χ3n) is 4.46. The van der Waals surface area contributed by atoms with Crippen LogP contribution in [-0.2, 0) is 4.84 Å². The monoisotopic (exact) mass is 328 g/mol. The molecule has 0 bridgehead atoms. The predicted molar refractivity (Wildman–Crippen MR) is 104 cm³/mol. The maximum Gasteiger partial charge on any atom is 0.114 e. The van der Waals surface area contributed by atoms with E-state index >= 15 is 0 Å². The van der Waals surface area contributed by atoms with Crippen molar-refractivity contribution in [3.8, 4) is 0 Å². The number of nitrogens with zero attached hydrogens (tertiary/aromatic N) is 1. The summed E-state index contributed by atoms with van der Waals surface area (Å²) in [5.74, 6) is 0. The summed E-state index contributed by atoms with van der Waals surface area (Å²) in [6, 6.07) is 0. The molecule has 1 unspecified atom stereocenters. The Kier molecular flexibility index (Phi) is 15.4. The van der Waals surface area contributed by atoms with Crippen molar-refractivity contribution in [3.63, 3.8) is 0 Å². The summed E-state index contributed by atoms with van der Waals surface area (Å²) < 4.78 is 0.611. The molecule has 0 saturated carbocycles. The van der Waals surface area contributed by atoms with E-state index in [1.165, 1.54) is 96.3 Å². The molecule has 0 spiro atoms. The molecule has 0 aromatic heterocycles. The zero-order valence-corrected chi connectivity index (χ0v) is 17.0. The van der Waals surface area contributed by atoms with Gasteiger partial charge in [0.2, 0.25) is 0 Å². The molecule has 0 heterocycles. The number of rotatable bonds is 17. The second-order valence-corrected chi connectivity index (χ2v) is 8.19. The van der Waals surface area contributed by atoms with Crippen LogP contribution in [0.3, 0.4) is 0 Å². The largest absolute Gasteiger partial charge is 0.201 e. The van der Waals surface area contributed by atoms with Crippen molar-refractivity contribution in [1.82, 2.24) is 0 Å². The molecule has 140 valence electrons. The molecule has 2 heteroatoms. The van der Waals surface area contributed by atoms with Gasteiger partial charge in [0.15, 0.2) is 0 Å². The highest BCUT2D eigenvalue weighted by Crippen LogP contribution is 2.14. The topological polar surface area (TPSA) is 9.23 Å². The van der Waals surface area contributed by atoms with Crippen molar-refractivity contribution in [2.24, 2.45) is 0 Å². The zero-order chi connectivity index (χ0) is 17.4. The molecule has 0 aliphatic carbocycles. The minimum absolute atomic E-state index is 0.382. The lowest BCUT2D eigenvalue weighted by atomic mass is 10.0. The lowest BCUT2D eigenvalue weighted by Crippen LogP contribution is -2.37. The van der Waals surface area contributed by atoms with E-state index in [1.807, 2.05) is 0 Å². The lowest BCUT2D eigenvalue weighted by molar-refractivity contribution is -1.07. The number of unbranched alkanes of at least 4 members (excludes halogenated alkanes) is 13. The molecular formula is C21H46NO+. The second-order valence-electron chi connectivity index (χ2n) is 8.19. The summed E-state index contributed by atoms with van der Waals surface area (Å²) in [5.41, 5.74) is 0. The highest BCUT2D eigenvalue weighted by Gasteiger charge is 2.14. The van der Waals surface area contributed by atoms with E-state index in [9.17, 15) is 0 Å². The summed E-state index contributed by atoms with van der Waals surface area (Å²) in [7, 11) is 6.26. The van der Waals surface area contributed by atoms with E-state index in [2.05, 4.69) is 35.0 Å². The SMILES string of the molecule is CCCCCCCCCCCCCCCCC(C)O[N+](C)(C)C. The summed E-state index contributed by atoms with van der Waals surface area (Å²) in [6.45, 7) is 4.49. The van der Waals surface area contributed by atoms with Gasteiger partial charge in [-0.05, 0) is 13.3 Å². The predicted octanol–water partition coefficient (Wildman–Crippen LogP) is 6.88. The summed E-state index contributed by atoms with van der Waals surface area (Å²) in [5, 5.41) is 0. The standard InChI is InChI=1S/C21H46NO/c1-6-7-8-9-10-11-12-13-14-15-16-17-18-19-20-21(2)23-22(3,4)5/h21H,6-20H2,1-5H3/q+1. The summed E-state index contributed by atoms with van der Waals surface area (Å²) >= 11 is 0. The molecule has 0 rings (SSSR count). The van der Waals surface area contributed by atoms with Crippen LogP contribution in [0.4, 0.5) is 0 Å². The van der Waals surface area contributed by atoms with Gasteiger partial charge in [-0.2, -0.15) is 4.65 Å². The Morgan fingerprint density at radius 1 is 0.609 bits per heavy atom. The van der Waals surface area contributed by atoms with Crippen molar-refractivity contribution >= 4 is 0 Å². The van der Waals surface area contributed by atoms with Gasteiger partial charge in [-0.3, -0.25) is 0 Å². The maximum atomic E-state index is 5.89. The first-order chi connectivity index (χ1) is 11.0. The van der Waals surface area contributed by atoms with E-state index in [-0.39, 0.29) is 0 Å². The molecular weight excluding hydrogens is 282 g/mol. The normalized spacial score (nSPS) is 13.4. The fourth-order valence-electron chi connectivity index (χ4n) is 3.22. The van der Waals surface area contributed by atoms with Crippen molar-refractivity contribution in [1.29, 1.82) is 0 Å². The number of hydrogen-bond donors (Lipinski definition) is 0. The molecule has 0 fully saturated rings. The van der Waals surface area contributed by atoms with Crippen molar-refractivity contribution in [3.05, 3.63) is 0 Å². The van der Waals surface area contributed by atoms with E-state index in [1.54, 1.807) is 0 Å². The van der Waals surface area contributed by atoms with E-state index in [0.717, 1.165) is 0 Å². The summed E-state index contributed by atoms with van der Waals surface area (Å²) in [4.78, 5) is 5.89. The molecule has 0 aliphatic rings. The van der Waals surface area contributed by atoms with E-state index in [4.69, 9.17) is 4.84 Å². The maximum absolute atomic E-state index is 5.89. The van der Waals surface area contributed by atoms with Crippen LogP contribution in [0.25, 0.3) is 0 Å². The first kappa shape index (κ1) is 22.9. The Hall–Kier alpha value is -0.0800. The second kappa shape index (κ2) is 15.4. The fraction of sp³-hybridized carbons (Fsp3) is 1.00. The van der Waals surface area contributed by atoms with Crippen LogP contribution in [0.1, 0.15) is 110 Å². The first-order valence-electron chi connectivity index (χ1n) is 10.5. The Balaban J connectivity index is 3.13. The van der Waals surface area contributed by atoms with Gasteiger partial charge in [-0.25, -0.2) is 4.84 Å². The third kappa shape index (κ3) is 19.9. The smallest absolute Gasteiger partial charge is 0.114 e. The first-order valence-corrected chi connectivity index (χ1v) is 10.5. The molecule has 0 radical (unpaired) electrons. The molecule has 0 aliphatic heterocycles. The molecule has 23 heavy (non-hydrogen) atoms. The lowest BCUT2D eigenvalue weighted by Gasteiger charge is -2.25. The summed E-state index contributed by atoms with van der Waals surface area (Å²) in [6.07, 6.45) is 21.6. The van der Waals surface area contributed by atoms with Gasteiger partial charge in [-0.1, -0.05) is 96.8 Å². The molecule has 0 N–H and O–H groups in total. The van der Waals surface area contributed by atoms with Crippen LogP contribution in [0, 0.1) is 0 Å².